The molecule has 0 radical (unpaired) electrons. The first kappa shape index (κ1) is 14.3. The number of benzene rings is 1. The van der Waals surface area contributed by atoms with Crippen LogP contribution >= 0.6 is 0 Å². The van der Waals surface area contributed by atoms with Crippen LogP contribution in [-0.4, -0.2) is 0 Å². The molecule has 0 aromatic heterocycles. The molecule has 1 saturated carbocycles. The third-order valence-electron chi connectivity index (χ3n) is 5.05. The molecule has 1 atom stereocenters. The first-order chi connectivity index (χ1) is 8.66. The first-order valence-electron chi connectivity index (χ1n) is 6.25. The molecule has 3 N–H and O–H groups in total. The van der Waals surface area contributed by atoms with Crippen molar-refractivity contribution in [1.29, 1.82) is 0 Å². The maximum Gasteiger partial charge on any atom is 0.194 e. The zero-order chi connectivity index (χ0) is 14.6. The lowest BCUT2D eigenvalue weighted by Crippen LogP contribution is -2.32. The Morgan fingerprint density at radius 3 is 2.00 bits per heavy atom. The van der Waals surface area contributed by atoms with E-state index in [-0.39, 0.29) is 22.3 Å². The molecule has 0 heterocycles. The zero-order valence-corrected chi connectivity index (χ0v) is 11.5. The average molecular weight is 272 g/mol. The maximum atomic E-state index is 13.9. The van der Waals surface area contributed by atoms with Crippen LogP contribution in [0.25, 0.3) is 0 Å². The molecular formula is C14H19F3N2. The quantitative estimate of drug-likeness (QED) is 0.503. The molecule has 2 nitrogen and oxygen atoms in total. The van der Waals surface area contributed by atoms with E-state index >= 15 is 0 Å². The molecule has 0 aliphatic heterocycles. The molecule has 1 aromatic rings. The van der Waals surface area contributed by atoms with Crippen molar-refractivity contribution >= 4 is 0 Å². The van der Waals surface area contributed by atoms with Gasteiger partial charge in [0.05, 0.1) is 6.04 Å². The van der Waals surface area contributed by atoms with Crippen molar-refractivity contribution < 1.29 is 13.2 Å². The Kier molecular flexibility index (Phi) is 3.18. The third kappa shape index (κ3) is 1.87. The van der Waals surface area contributed by atoms with Gasteiger partial charge in [0, 0.05) is 5.56 Å². The summed E-state index contributed by atoms with van der Waals surface area (Å²) in [6.45, 7) is 8.22. The Hall–Kier alpha value is -1.07. The fourth-order valence-corrected chi connectivity index (χ4v) is 3.23. The van der Waals surface area contributed by atoms with Gasteiger partial charge in [0.15, 0.2) is 17.5 Å². The lowest BCUT2D eigenvalue weighted by molar-refractivity contribution is 0.382. The summed E-state index contributed by atoms with van der Waals surface area (Å²) in [4.78, 5) is 0. The van der Waals surface area contributed by atoms with E-state index in [1.54, 1.807) is 0 Å². The summed E-state index contributed by atoms with van der Waals surface area (Å²) in [5.41, 5.74) is 2.52. The van der Waals surface area contributed by atoms with Gasteiger partial charge < -0.3 is 0 Å². The van der Waals surface area contributed by atoms with Crippen LogP contribution in [0.5, 0.6) is 0 Å². The summed E-state index contributed by atoms with van der Waals surface area (Å²) >= 11 is 0. The molecule has 0 bridgehead atoms. The van der Waals surface area contributed by atoms with Crippen LogP contribution in [0.3, 0.4) is 0 Å². The summed E-state index contributed by atoms with van der Waals surface area (Å²) in [7, 11) is 0. The number of hydrazine groups is 1. The van der Waals surface area contributed by atoms with Crippen LogP contribution in [0.15, 0.2) is 12.1 Å². The van der Waals surface area contributed by atoms with Gasteiger partial charge in [-0.25, -0.2) is 13.2 Å². The van der Waals surface area contributed by atoms with Gasteiger partial charge in [0.1, 0.15) is 0 Å². The highest BCUT2D eigenvalue weighted by Crippen LogP contribution is 2.72. The van der Waals surface area contributed by atoms with Crippen molar-refractivity contribution in [2.45, 2.75) is 33.7 Å². The minimum absolute atomic E-state index is 0.0457. The summed E-state index contributed by atoms with van der Waals surface area (Å²) in [5, 5.41) is 0. The van der Waals surface area contributed by atoms with E-state index in [4.69, 9.17) is 5.84 Å². The molecule has 1 aromatic carbocycles. The van der Waals surface area contributed by atoms with Crippen molar-refractivity contribution in [2.24, 2.45) is 22.6 Å². The summed E-state index contributed by atoms with van der Waals surface area (Å²) in [6, 6.07) is 1.64. The smallest absolute Gasteiger partial charge is 0.194 e. The van der Waals surface area contributed by atoms with Crippen LogP contribution in [0.2, 0.25) is 0 Å². The van der Waals surface area contributed by atoms with Crippen molar-refractivity contribution in [3.05, 3.63) is 35.1 Å². The normalized spacial score (nSPS) is 22.3. The largest absolute Gasteiger partial charge is 0.271 e. The fourth-order valence-electron chi connectivity index (χ4n) is 3.23. The predicted octanol–water partition coefficient (Wildman–Crippen LogP) is 3.29. The average Bonchev–Trinajstić information content (AvgIpc) is 2.72. The second-order valence-corrected chi connectivity index (χ2v) is 6.33. The van der Waals surface area contributed by atoms with Gasteiger partial charge >= 0.3 is 0 Å². The molecule has 1 unspecified atom stereocenters. The van der Waals surface area contributed by atoms with Crippen LogP contribution in [-0.2, 0) is 0 Å². The van der Waals surface area contributed by atoms with Gasteiger partial charge in [-0.1, -0.05) is 33.8 Å². The Morgan fingerprint density at radius 1 is 1.05 bits per heavy atom. The van der Waals surface area contributed by atoms with Crippen LogP contribution < -0.4 is 11.3 Å². The second kappa shape index (κ2) is 4.21. The molecule has 2 rings (SSSR count). The number of nitrogens with one attached hydrogen (secondary N) is 1. The minimum atomic E-state index is -1.45. The fraction of sp³-hybridized carbons (Fsp3) is 0.571. The van der Waals surface area contributed by atoms with Crippen molar-refractivity contribution in [3.63, 3.8) is 0 Å². The molecule has 106 valence electrons. The molecule has 19 heavy (non-hydrogen) atoms. The zero-order valence-electron chi connectivity index (χ0n) is 11.5. The number of rotatable bonds is 3. The van der Waals surface area contributed by atoms with Crippen molar-refractivity contribution in [3.8, 4) is 0 Å². The Morgan fingerprint density at radius 2 is 1.58 bits per heavy atom. The van der Waals surface area contributed by atoms with Gasteiger partial charge in [-0.3, -0.25) is 11.3 Å². The van der Waals surface area contributed by atoms with Gasteiger partial charge in [0.25, 0.3) is 0 Å². The molecule has 0 amide bonds. The van der Waals surface area contributed by atoms with E-state index in [0.29, 0.717) is 0 Å². The molecule has 5 heteroatoms. The molecule has 0 saturated heterocycles. The lowest BCUT2D eigenvalue weighted by Gasteiger charge is -2.19. The monoisotopic (exact) mass is 272 g/mol. The van der Waals surface area contributed by atoms with Gasteiger partial charge in [-0.15, -0.1) is 0 Å². The maximum absolute atomic E-state index is 13.9. The highest BCUT2D eigenvalue weighted by Gasteiger charge is 2.67. The van der Waals surface area contributed by atoms with Gasteiger partial charge in [0.2, 0.25) is 0 Å². The minimum Gasteiger partial charge on any atom is -0.271 e. The van der Waals surface area contributed by atoms with Crippen molar-refractivity contribution in [2.75, 3.05) is 0 Å². The van der Waals surface area contributed by atoms with E-state index < -0.39 is 23.5 Å². The third-order valence-corrected chi connectivity index (χ3v) is 5.05. The first-order valence-corrected chi connectivity index (χ1v) is 6.25. The SMILES string of the molecule is CC1(C)C(C(NN)c2ccc(F)c(F)c2F)C1(C)C. The van der Waals surface area contributed by atoms with Gasteiger partial charge in [-0.2, -0.15) is 0 Å². The Bertz CT molecular complexity index is 498. The molecule has 1 fully saturated rings. The highest BCUT2D eigenvalue weighted by atomic mass is 19.2. The van der Waals surface area contributed by atoms with Crippen LogP contribution in [0, 0.1) is 34.2 Å². The van der Waals surface area contributed by atoms with E-state index in [1.165, 1.54) is 6.07 Å². The van der Waals surface area contributed by atoms with Crippen LogP contribution in [0.4, 0.5) is 13.2 Å². The lowest BCUT2D eigenvalue weighted by atomic mass is 9.96. The molecule has 0 spiro atoms. The van der Waals surface area contributed by atoms with Crippen LogP contribution in [0.1, 0.15) is 39.3 Å². The predicted molar refractivity (Wildman–Crippen MR) is 67.4 cm³/mol. The summed E-state index contributed by atoms with van der Waals surface area (Å²) in [5.74, 6) is 1.75. The molecule has 1 aliphatic rings. The number of hydrogen-bond donors (Lipinski definition) is 2. The standard InChI is InChI=1S/C14H19F3N2/c1-13(2)12(14(13,3)4)11(19-18)7-5-6-8(15)10(17)9(7)16/h5-6,11-12,19H,18H2,1-4H3. The topological polar surface area (TPSA) is 38.0 Å². The number of halogens is 3. The van der Waals surface area contributed by atoms with Crippen molar-refractivity contribution in [1.82, 2.24) is 5.43 Å². The molecular weight excluding hydrogens is 253 g/mol. The van der Waals surface area contributed by atoms with E-state index in [9.17, 15) is 13.2 Å². The van der Waals surface area contributed by atoms with E-state index in [1.807, 2.05) is 0 Å². The Balaban J connectivity index is 2.43. The van der Waals surface area contributed by atoms with Gasteiger partial charge in [-0.05, 0) is 22.8 Å². The summed E-state index contributed by atoms with van der Waals surface area (Å²) in [6.07, 6.45) is 0. The second-order valence-electron chi connectivity index (χ2n) is 6.33. The molecule has 1 aliphatic carbocycles. The highest BCUT2D eigenvalue weighted by molar-refractivity contribution is 5.29. The van der Waals surface area contributed by atoms with E-state index in [2.05, 4.69) is 33.1 Å². The summed E-state index contributed by atoms with van der Waals surface area (Å²) < 4.78 is 40.2. The van der Waals surface area contributed by atoms with E-state index in [0.717, 1.165) is 6.07 Å². The Labute approximate surface area is 111 Å². The number of hydrogen-bond acceptors (Lipinski definition) is 2. The number of nitrogens with two attached hydrogens (primary N) is 1.